The molecule has 0 saturated carbocycles. The first-order valence-electron chi connectivity index (χ1n) is 8.19. The molecule has 0 atom stereocenters. The average Bonchev–Trinajstić information content (AvgIpc) is 2.67. The molecule has 3 rings (SSSR count). The molecule has 1 aliphatic rings. The Labute approximate surface area is 141 Å². The van der Waals surface area contributed by atoms with E-state index in [4.69, 9.17) is 4.74 Å². The number of carbonyl (C=O) groups is 1. The molecule has 126 valence electrons. The summed E-state index contributed by atoms with van der Waals surface area (Å²) >= 11 is 0. The van der Waals surface area contributed by atoms with Crippen molar-refractivity contribution in [3.63, 3.8) is 0 Å². The number of nitrogens with zero attached hydrogens (tertiary/aromatic N) is 3. The summed E-state index contributed by atoms with van der Waals surface area (Å²) in [5, 5.41) is 3.03. The number of hydrogen-bond donors (Lipinski definition) is 1. The molecule has 0 aliphatic carbocycles. The Morgan fingerprint density at radius 2 is 2.17 bits per heavy atom. The Morgan fingerprint density at radius 1 is 1.33 bits per heavy atom. The van der Waals surface area contributed by atoms with E-state index in [-0.39, 0.29) is 5.91 Å². The third-order valence-corrected chi connectivity index (χ3v) is 4.37. The van der Waals surface area contributed by atoms with Gasteiger partial charge in [0.1, 0.15) is 11.6 Å². The quantitative estimate of drug-likeness (QED) is 0.912. The van der Waals surface area contributed by atoms with Crippen molar-refractivity contribution in [1.29, 1.82) is 0 Å². The molecule has 0 bridgehead atoms. The second kappa shape index (κ2) is 7.77. The predicted molar refractivity (Wildman–Crippen MR) is 92.3 cm³/mol. The fraction of sp³-hybridized carbons (Fsp3) is 0.389. The molecule has 0 radical (unpaired) electrons. The van der Waals surface area contributed by atoms with Crippen molar-refractivity contribution in [2.75, 3.05) is 31.6 Å². The normalized spacial score (nSPS) is 15.1. The molecule has 2 aromatic rings. The highest BCUT2D eigenvalue weighted by atomic mass is 16.5. The third kappa shape index (κ3) is 4.01. The van der Waals surface area contributed by atoms with E-state index in [1.165, 1.54) is 0 Å². The van der Waals surface area contributed by atoms with Gasteiger partial charge in [0.05, 0.1) is 13.3 Å². The second-order valence-electron chi connectivity index (χ2n) is 5.94. The summed E-state index contributed by atoms with van der Waals surface area (Å²) in [5.41, 5.74) is 0.631. The van der Waals surface area contributed by atoms with E-state index in [1.807, 2.05) is 12.1 Å². The van der Waals surface area contributed by atoms with Crippen LogP contribution in [0.3, 0.4) is 0 Å². The Hall–Kier alpha value is -2.63. The lowest BCUT2D eigenvalue weighted by atomic mass is 9.96. The van der Waals surface area contributed by atoms with E-state index < -0.39 is 0 Å². The number of piperidine rings is 1. The van der Waals surface area contributed by atoms with Gasteiger partial charge in [-0.05, 0) is 37.0 Å². The van der Waals surface area contributed by atoms with Crippen molar-refractivity contribution in [1.82, 2.24) is 15.3 Å². The predicted octanol–water partition coefficient (Wildman–Crippen LogP) is 2.13. The van der Waals surface area contributed by atoms with Crippen molar-refractivity contribution in [3.05, 3.63) is 48.4 Å². The smallest absolute Gasteiger partial charge is 0.251 e. The maximum absolute atomic E-state index is 12.2. The molecule has 2 heterocycles. The van der Waals surface area contributed by atoms with Crippen LogP contribution in [0.5, 0.6) is 5.75 Å². The van der Waals surface area contributed by atoms with Crippen molar-refractivity contribution in [2.45, 2.75) is 12.8 Å². The van der Waals surface area contributed by atoms with Crippen LogP contribution in [0.2, 0.25) is 0 Å². The summed E-state index contributed by atoms with van der Waals surface area (Å²) in [7, 11) is 1.60. The van der Waals surface area contributed by atoms with E-state index in [0.717, 1.165) is 31.7 Å². The zero-order chi connectivity index (χ0) is 16.8. The number of carbonyl (C=O) groups excluding carboxylic acids is 1. The van der Waals surface area contributed by atoms with E-state index in [2.05, 4.69) is 20.2 Å². The molecule has 0 spiro atoms. The van der Waals surface area contributed by atoms with Crippen molar-refractivity contribution in [2.24, 2.45) is 5.92 Å². The lowest BCUT2D eigenvalue weighted by Crippen LogP contribution is -2.39. The summed E-state index contributed by atoms with van der Waals surface area (Å²) in [6.45, 7) is 2.58. The van der Waals surface area contributed by atoms with Crippen LogP contribution in [-0.2, 0) is 0 Å². The fourth-order valence-corrected chi connectivity index (χ4v) is 2.92. The molecule has 6 nitrogen and oxygen atoms in total. The average molecular weight is 326 g/mol. The standard InChI is InChI=1S/C18H22N4O2/c1-24-16-4-2-3-15(11-16)18(23)21-12-14-5-9-22(10-6-14)17-13-19-7-8-20-17/h2-4,7-8,11,13-14H,5-6,9-10,12H2,1H3,(H,21,23). The van der Waals surface area contributed by atoms with Gasteiger partial charge >= 0.3 is 0 Å². The molecular formula is C18H22N4O2. The van der Waals surface area contributed by atoms with Crippen LogP contribution in [0, 0.1) is 5.92 Å². The van der Waals surface area contributed by atoms with Crippen LogP contribution < -0.4 is 15.0 Å². The number of benzene rings is 1. The first kappa shape index (κ1) is 16.2. The topological polar surface area (TPSA) is 67.3 Å². The number of anilines is 1. The first-order chi connectivity index (χ1) is 11.8. The minimum Gasteiger partial charge on any atom is -0.497 e. The van der Waals surface area contributed by atoms with Gasteiger partial charge in [-0.3, -0.25) is 9.78 Å². The molecule has 1 saturated heterocycles. The summed E-state index contributed by atoms with van der Waals surface area (Å²) in [6, 6.07) is 7.21. The number of nitrogens with one attached hydrogen (secondary N) is 1. The molecule has 6 heteroatoms. The number of ether oxygens (including phenoxy) is 1. The minimum absolute atomic E-state index is 0.0507. The maximum atomic E-state index is 12.2. The molecule has 24 heavy (non-hydrogen) atoms. The highest BCUT2D eigenvalue weighted by Crippen LogP contribution is 2.20. The highest BCUT2D eigenvalue weighted by Gasteiger charge is 2.20. The molecule has 1 aliphatic heterocycles. The van der Waals surface area contributed by atoms with Crippen LogP contribution in [-0.4, -0.2) is 42.6 Å². The SMILES string of the molecule is COc1cccc(C(=O)NCC2CCN(c3cnccn3)CC2)c1. The number of methoxy groups -OCH3 is 1. The van der Waals surface area contributed by atoms with Crippen molar-refractivity contribution >= 4 is 11.7 Å². The number of rotatable bonds is 5. The summed E-state index contributed by atoms with van der Waals surface area (Å²) in [6.07, 6.45) is 7.27. The van der Waals surface area contributed by atoms with Gasteiger partial charge in [0.2, 0.25) is 0 Å². The van der Waals surface area contributed by atoms with Gasteiger partial charge in [-0.25, -0.2) is 4.98 Å². The van der Waals surface area contributed by atoms with Gasteiger partial charge in [0, 0.05) is 37.6 Å². The highest BCUT2D eigenvalue weighted by molar-refractivity contribution is 5.94. The maximum Gasteiger partial charge on any atom is 0.251 e. The van der Waals surface area contributed by atoms with Gasteiger partial charge < -0.3 is 15.0 Å². The summed E-state index contributed by atoms with van der Waals surface area (Å²) in [4.78, 5) is 22.9. The monoisotopic (exact) mass is 326 g/mol. The van der Waals surface area contributed by atoms with Gasteiger partial charge in [0.15, 0.2) is 0 Å². The summed E-state index contributed by atoms with van der Waals surface area (Å²) < 4.78 is 5.16. The van der Waals surface area contributed by atoms with Gasteiger partial charge in [0.25, 0.3) is 5.91 Å². The van der Waals surface area contributed by atoms with E-state index in [0.29, 0.717) is 23.8 Å². The van der Waals surface area contributed by atoms with Crippen LogP contribution in [0.25, 0.3) is 0 Å². The molecule has 1 fully saturated rings. The number of amides is 1. The lowest BCUT2D eigenvalue weighted by molar-refractivity contribution is 0.0944. The molecule has 1 aromatic heterocycles. The van der Waals surface area contributed by atoms with Crippen LogP contribution in [0.1, 0.15) is 23.2 Å². The van der Waals surface area contributed by atoms with E-state index in [1.54, 1.807) is 37.8 Å². The fourth-order valence-electron chi connectivity index (χ4n) is 2.92. The Balaban J connectivity index is 1.47. The second-order valence-corrected chi connectivity index (χ2v) is 5.94. The third-order valence-electron chi connectivity index (χ3n) is 4.37. The zero-order valence-electron chi connectivity index (χ0n) is 13.8. The van der Waals surface area contributed by atoms with Crippen LogP contribution in [0.4, 0.5) is 5.82 Å². The first-order valence-corrected chi connectivity index (χ1v) is 8.19. The zero-order valence-corrected chi connectivity index (χ0v) is 13.8. The molecule has 0 unspecified atom stereocenters. The van der Waals surface area contributed by atoms with Crippen LogP contribution in [0.15, 0.2) is 42.9 Å². The lowest BCUT2D eigenvalue weighted by Gasteiger charge is -2.32. The van der Waals surface area contributed by atoms with E-state index in [9.17, 15) is 4.79 Å². The molecule has 1 amide bonds. The Bertz CT molecular complexity index is 670. The molecular weight excluding hydrogens is 304 g/mol. The largest absolute Gasteiger partial charge is 0.497 e. The Kier molecular flexibility index (Phi) is 5.25. The Morgan fingerprint density at radius 3 is 2.88 bits per heavy atom. The number of hydrogen-bond acceptors (Lipinski definition) is 5. The van der Waals surface area contributed by atoms with Gasteiger partial charge in [-0.2, -0.15) is 0 Å². The molecule has 1 N–H and O–H groups in total. The van der Waals surface area contributed by atoms with Gasteiger partial charge in [-0.1, -0.05) is 6.07 Å². The summed E-state index contributed by atoms with van der Waals surface area (Å²) in [5.74, 6) is 2.06. The number of aromatic nitrogens is 2. The van der Waals surface area contributed by atoms with Crippen molar-refractivity contribution in [3.8, 4) is 5.75 Å². The van der Waals surface area contributed by atoms with Crippen LogP contribution >= 0.6 is 0 Å². The van der Waals surface area contributed by atoms with Gasteiger partial charge in [-0.15, -0.1) is 0 Å². The van der Waals surface area contributed by atoms with E-state index >= 15 is 0 Å². The van der Waals surface area contributed by atoms with Crippen molar-refractivity contribution < 1.29 is 9.53 Å². The minimum atomic E-state index is -0.0507. The molecule has 1 aromatic carbocycles.